The van der Waals surface area contributed by atoms with Crippen molar-refractivity contribution < 1.29 is 4.39 Å². The van der Waals surface area contributed by atoms with Crippen LogP contribution in [0.15, 0.2) is 46.7 Å². The Morgan fingerprint density at radius 2 is 2.14 bits per heavy atom. The number of nitrogens with one attached hydrogen (secondary N) is 1. The van der Waals surface area contributed by atoms with E-state index in [-0.39, 0.29) is 5.82 Å². The normalized spacial score (nSPS) is 18.5. The average Bonchev–Trinajstić information content (AvgIpc) is 2.90. The van der Waals surface area contributed by atoms with Crippen LogP contribution in [-0.4, -0.2) is 31.4 Å². The molecule has 3 nitrogen and oxygen atoms in total. The minimum absolute atomic E-state index is 0.228. The minimum Gasteiger partial charge on any atom is -0.378 e. The number of aliphatic imine (C=N–C) groups is 1. The number of rotatable bonds is 4. The Morgan fingerprint density at radius 3 is 2.76 bits per heavy atom. The van der Waals surface area contributed by atoms with Gasteiger partial charge in [-0.05, 0) is 31.0 Å². The standard InChI is InChI=1S/C17H22FN3/c1-5-9-21(4)12(2)16-15(11-20-17(16)19-3)13-7-6-8-14(18)10-13/h6-8,10-11H,5,9H2,1-4H3,(H,19,20)/b16-12+. The monoisotopic (exact) mass is 287 g/mol. The Hall–Kier alpha value is -2.10. The van der Waals surface area contributed by atoms with Gasteiger partial charge in [0, 0.05) is 43.7 Å². The zero-order valence-corrected chi connectivity index (χ0v) is 13.1. The maximum Gasteiger partial charge on any atom is 0.134 e. The van der Waals surface area contributed by atoms with Crippen LogP contribution in [0.25, 0.3) is 5.57 Å². The number of hydrogen-bond donors (Lipinski definition) is 1. The van der Waals surface area contributed by atoms with Crippen LogP contribution in [0.2, 0.25) is 0 Å². The molecule has 0 amide bonds. The molecule has 0 bridgehead atoms. The molecule has 1 heterocycles. The van der Waals surface area contributed by atoms with E-state index in [1.807, 2.05) is 12.3 Å². The first-order chi connectivity index (χ1) is 10.1. The Labute approximate surface area is 125 Å². The summed E-state index contributed by atoms with van der Waals surface area (Å²) >= 11 is 0. The highest BCUT2D eigenvalue weighted by molar-refractivity contribution is 6.16. The van der Waals surface area contributed by atoms with Crippen molar-refractivity contribution in [2.75, 3.05) is 20.6 Å². The quantitative estimate of drug-likeness (QED) is 0.919. The van der Waals surface area contributed by atoms with Crippen molar-refractivity contribution in [2.45, 2.75) is 20.3 Å². The molecular weight excluding hydrogens is 265 g/mol. The van der Waals surface area contributed by atoms with Gasteiger partial charge in [-0.25, -0.2) is 4.39 Å². The number of nitrogens with zero attached hydrogens (tertiary/aromatic N) is 2. The summed E-state index contributed by atoms with van der Waals surface area (Å²) in [6, 6.07) is 6.66. The minimum atomic E-state index is -0.228. The second kappa shape index (κ2) is 6.57. The third-order valence-electron chi connectivity index (χ3n) is 3.71. The molecule has 1 aromatic carbocycles. The summed E-state index contributed by atoms with van der Waals surface area (Å²) in [6.07, 6.45) is 2.97. The lowest BCUT2D eigenvalue weighted by molar-refractivity contribution is 0.416. The number of benzene rings is 1. The largest absolute Gasteiger partial charge is 0.378 e. The molecule has 0 saturated carbocycles. The molecule has 1 aliphatic rings. The molecule has 112 valence electrons. The molecule has 0 fully saturated rings. The molecule has 2 rings (SSSR count). The number of amidine groups is 1. The SMILES string of the molecule is CCCN(C)/C(C)=C1\C(c2cccc(F)c2)=CNC1=NC. The third kappa shape index (κ3) is 3.15. The van der Waals surface area contributed by atoms with Crippen molar-refractivity contribution in [3.63, 3.8) is 0 Å². The fourth-order valence-electron chi connectivity index (χ4n) is 2.53. The molecule has 0 unspecified atom stereocenters. The second-order valence-electron chi connectivity index (χ2n) is 5.17. The highest BCUT2D eigenvalue weighted by Gasteiger charge is 2.23. The number of hydrogen-bond acceptors (Lipinski definition) is 2. The number of allylic oxidation sites excluding steroid dienone is 1. The van der Waals surface area contributed by atoms with Crippen LogP contribution in [0.1, 0.15) is 25.8 Å². The van der Waals surface area contributed by atoms with Gasteiger partial charge in [0.1, 0.15) is 11.7 Å². The van der Waals surface area contributed by atoms with Gasteiger partial charge in [-0.15, -0.1) is 0 Å². The summed E-state index contributed by atoms with van der Waals surface area (Å²) in [5.41, 5.74) is 4.02. The fourth-order valence-corrected chi connectivity index (χ4v) is 2.53. The lowest BCUT2D eigenvalue weighted by Crippen LogP contribution is -2.22. The summed E-state index contributed by atoms with van der Waals surface area (Å²) in [7, 11) is 3.83. The van der Waals surface area contributed by atoms with E-state index in [4.69, 9.17) is 0 Å². The van der Waals surface area contributed by atoms with Crippen molar-refractivity contribution in [3.8, 4) is 0 Å². The zero-order chi connectivity index (χ0) is 15.4. The molecule has 0 aromatic heterocycles. The predicted molar refractivity (Wildman–Crippen MR) is 86.5 cm³/mol. The Balaban J connectivity index is 2.48. The Bertz CT molecular complexity index is 614. The first-order valence-electron chi connectivity index (χ1n) is 7.20. The van der Waals surface area contributed by atoms with Crippen LogP contribution in [0.3, 0.4) is 0 Å². The number of halogens is 1. The van der Waals surface area contributed by atoms with Crippen LogP contribution >= 0.6 is 0 Å². The van der Waals surface area contributed by atoms with Gasteiger partial charge in [0.15, 0.2) is 0 Å². The molecule has 0 spiro atoms. The molecule has 21 heavy (non-hydrogen) atoms. The molecule has 0 atom stereocenters. The summed E-state index contributed by atoms with van der Waals surface area (Å²) in [5.74, 6) is 0.601. The zero-order valence-electron chi connectivity index (χ0n) is 13.1. The molecule has 1 aromatic rings. The Morgan fingerprint density at radius 1 is 1.38 bits per heavy atom. The van der Waals surface area contributed by atoms with Crippen molar-refractivity contribution in [3.05, 3.63) is 53.1 Å². The second-order valence-corrected chi connectivity index (χ2v) is 5.17. The van der Waals surface area contributed by atoms with Crippen LogP contribution < -0.4 is 5.32 Å². The van der Waals surface area contributed by atoms with E-state index in [2.05, 4.69) is 36.1 Å². The summed E-state index contributed by atoms with van der Waals surface area (Å²) < 4.78 is 13.5. The summed E-state index contributed by atoms with van der Waals surface area (Å²) in [5, 5.41) is 3.18. The van der Waals surface area contributed by atoms with Crippen LogP contribution in [0, 0.1) is 5.82 Å². The Kier molecular flexibility index (Phi) is 4.78. The lowest BCUT2D eigenvalue weighted by Gasteiger charge is -2.22. The summed E-state index contributed by atoms with van der Waals surface area (Å²) in [6.45, 7) is 5.21. The molecule has 4 heteroatoms. The van der Waals surface area contributed by atoms with Crippen molar-refractivity contribution in [1.29, 1.82) is 0 Å². The molecule has 1 N–H and O–H groups in total. The molecule has 0 saturated heterocycles. The van der Waals surface area contributed by atoms with E-state index in [1.165, 1.54) is 6.07 Å². The maximum atomic E-state index is 13.5. The van der Waals surface area contributed by atoms with E-state index in [1.54, 1.807) is 19.2 Å². The van der Waals surface area contributed by atoms with Crippen LogP contribution in [-0.2, 0) is 0 Å². The van der Waals surface area contributed by atoms with E-state index >= 15 is 0 Å². The lowest BCUT2D eigenvalue weighted by atomic mass is 9.98. The van der Waals surface area contributed by atoms with Crippen LogP contribution in [0.4, 0.5) is 4.39 Å². The van der Waals surface area contributed by atoms with E-state index in [0.717, 1.165) is 41.2 Å². The van der Waals surface area contributed by atoms with Crippen molar-refractivity contribution >= 4 is 11.4 Å². The smallest absolute Gasteiger partial charge is 0.134 e. The molecular formula is C17H22FN3. The topological polar surface area (TPSA) is 27.6 Å². The van der Waals surface area contributed by atoms with E-state index < -0.39 is 0 Å². The van der Waals surface area contributed by atoms with Gasteiger partial charge in [-0.2, -0.15) is 0 Å². The fraction of sp³-hybridized carbons (Fsp3) is 0.353. The van der Waals surface area contributed by atoms with Crippen molar-refractivity contribution in [2.24, 2.45) is 4.99 Å². The molecule has 1 aliphatic heterocycles. The first-order valence-corrected chi connectivity index (χ1v) is 7.20. The van der Waals surface area contributed by atoms with Gasteiger partial charge in [0.25, 0.3) is 0 Å². The molecule has 0 radical (unpaired) electrons. The van der Waals surface area contributed by atoms with Gasteiger partial charge >= 0.3 is 0 Å². The van der Waals surface area contributed by atoms with E-state index in [9.17, 15) is 4.39 Å². The first kappa shape index (κ1) is 15.3. The van der Waals surface area contributed by atoms with Crippen LogP contribution in [0.5, 0.6) is 0 Å². The highest BCUT2D eigenvalue weighted by Crippen LogP contribution is 2.30. The van der Waals surface area contributed by atoms with Crippen molar-refractivity contribution in [1.82, 2.24) is 10.2 Å². The van der Waals surface area contributed by atoms with Gasteiger partial charge in [-0.1, -0.05) is 19.1 Å². The van der Waals surface area contributed by atoms with E-state index in [0.29, 0.717) is 0 Å². The molecule has 0 aliphatic carbocycles. The average molecular weight is 287 g/mol. The maximum absolute atomic E-state index is 13.5. The summed E-state index contributed by atoms with van der Waals surface area (Å²) in [4.78, 5) is 6.51. The highest BCUT2D eigenvalue weighted by atomic mass is 19.1. The van der Waals surface area contributed by atoms with Gasteiger partial charge in [-0.3, -0.25) is 4.99 Å². The van der Waals surface area contributed by atoms with Gasteiger partial charge in [0.2, 0.25) is 0 Å². The van der Waals surface area contributed by atoms with Gasteiger partial charge < -0.3 is 10.2 Å². The van der Waals surface area contributed by atoms with Gasteiger partial charge in [0.05, 0.1) is 0 Å². The third-order valence-corrected chi connectivity index (χ3v) is 3.71. The predicted octanol–water partition coefficient (Wildman–Crippen LogP) is 3.41.